The third kappa shape index (κ3) is 3.17. The lowest BCUT2D eigenvalue weighted by Crippen LogP contribution is -2.44. The first-order chi connectivity index (χ1) is 12.1. The van der Waals surface area contributed by atoms with E-state index >= 15 is 0 Å². The van der Waals surface area contributed by atoms with Gasteiger partial charge in [-0.05, 0) is 24.3 Å². The molecule has 0 saturated carbocycles. The first-order valence-corrected chi connectivity index (χ1v) is 7.73. The molecular formula is C17H11ClF4N2O2. The van der Waals surface area contributed by atoms with E-state index < -0.39 is 41.3 Å². The van der Waals surface area contributed by atoms with Crippen molar-refractivity contribution in [3.05, 3.63) is 70.5 Å². The van der Waals surface area contributed by atoms with Crippen molar-refractivity contribution in [3.8, 4) is 0 Å². The summed E-state index contributed by atoms with van der Waals surface area (Å²) in [5.74, 6) is -2.13. The summed E-state index contributed by atoms with van der Waals surface area (Å²) >= 11 is 5.76. The van der Waals surface area contributed by atoms with Crippen molar-refractivity contribution in [1.82, 2.24) is 5.01 Å². The van der Waals surface area contributed by atoms with Crippen LogP contribution in [0.4, 0.5) is 17.6 Å². The summed E-state index contributed by atoms with van der Waals surface area (Å²) in [6, 6.07) is 10.0. The fourth-order valence-electron chi connectivity index (χ4n) is 2.61. The van der Waals surface area contributed by atoms with Crippen LogP contribution in [0.3, 0.4) is 0 Å². The van der Waals surface area contributed by atoms with Crippen molar-refractivity contribution in [3.63, 3.8) is 0 Å². The minimum atomic E-state index is -4.86. The summed E-state index contributed by atoms with van der Waals surface area (Å²) in [6.45, 7) is 0. The number of benzene rings is 2. The molecule has 1 aliphatic heterocycles. The van der Waals surface area contributed by atoms with Crippen molar-refractivity contribution in [1.29, 1.82) is 0 Å². The zero-order valence-electron chi connectivity index (χ0n) is 13.0. The summed E-state index contributed by atoms with van der Waals surface area (Å²) < 4.78 is 53.3. The van der Waals surface area contributed by atoms with Crippen molar-refractivity contribution in [2.24, 2.45) is 5.10 Å². The fraction of sp³-hybridized carbons (Fsp3) is 0.176. The number of carbonyl (C=O) groups is 1. The molecule has 0 radical (unpaired) electrons. The van der Waals surface area contributed by atoms with Crippen LogP contribution in [-0.2, 0) is 5.72 Å². The van der Waals surface area contributed by atoms with Gasteiger partial charge in [-0.25, -0.2) is 4.39 Å². The molecule has 1 N–H and O–H groups in total. The van der Waals surface area contributed by atoms with E-state index in [2.05, 4.69) is 5.10 Å². The highest BCUT2D eigenvalue weighted by atomic mass is 35.5. The van der Waals surface area contributed by atoms with E-state index in [4.69, 9.17) is 11.6 Å². The van der Waals surface area contributed by atoms with Gasteiger partial charge in [0, 0.05) is 10.6 Å². The van der Waals surface area contributed by atoms with Crippen LogP contribution in [0.1, 0.15) is 22.3 Å². The van der Waals surface area contributed by atoms with Gasteiger partial charge in [0.05, 0.1) is 12.0 Å². The molecule has 1 atom stereocenters. The monoisotopic (exact) mass is 386 g/mol. The normalized spacial score (nSPS) is 20.2. The minimum Gasteiger partial charge on any atom is -0.365 e. The van der Waals surface area contributed by atoms with Gasteiger partial charge in [-0.3, -0.25) is 4.79 Å². The Morgan fingerprint density at radius 1 is 1.15 bits per heavy atom. The zero-order chi connectivity index (χ0) is 19.1. The van der Waals surface area contributed by atoms with Crippen molar-refractivity contribution < 1.29 is 27.5 Å². The number of amides is 1. The molecule has 3 rings (SSSR count). The molecular weight excluding hydrogens is 376 g/mol. The molecule has 1 unspecified atom stereocenters. The maximum absolute atomic E-state index is 13.9. The predicted octanol–water partition coefficient (Wildman–Crippen LogP) is 4.09. The van der Waals surface area contributed by atoms with E-state index in [0.717, 1.165) is 12.1 Å². The fourth-order valence-corrected chi connectivity index (χ4v) is 2.73. The quantitative estimate of drug-likeness (QED) is 0.790. The lowest BCUT2D eigenvalue weighted by Gasteiger charge is -2.31. The molecule has 0 aliphatic carbocycles. The molecule has 1 aliphatic rings. The number of nitrogens with zero attached hydrogens (tertiary/aromatic N) is 2. The third-order valence-electron chi connectivity index (χ3n) is 3.92. The van der Waals surface area contributed by atoms with Gasteiger partial charge < -0.3 is 5.11 Å². The molecule has 0 spiro atoms. The Balaban J connectivity index is 2.10. The molecule has 0 aromatic heterocycles. The Hall–Kier alpha value is -2.45. The van der Waals surface area contributed by atoms with E-state index in [1.54, 1.807) is 0 Å². The Bertz CT molecular complexity index is 883. The van der Waals surface area contributed by atoms with Gasteiger partial charge in [0.1, 0.15) is 11.5 Å². The lowest BCUT2D eigenvalue weighted by molar-refractivity contribution is -0.0817. The molecule has 136 valence electrons. The first kappa shape index (κ1) is 18.3. The van der Waals surface area contributed by atoms with Crippen molar-refractivity contribution in [2.45, 2.75) is 18.3 Å². The number of halogens is 5. The van der Waals surface area contributed by atoms with Crippen LogP contribution in [0, 0.1) is 5.82 Å². The Kier molecular flexibility index (Phi) is 4.49. The Morgan fingerprint density at radius 3 is 2.35 bits per heavy atom. The molecule has 1 amide bonds. The smallest absolute Gasteiger partial charge is 0.365 e. The van der Waals surface area contributed by atoms with Crippen LogP contribution in [0.25, 0.3) is 0 Å². The zero-order valence-corrected chi connectivity index (χ0v) is 13.7. The summed E-state index contributed by atoms with van der Waals surface area (Å²) in [7, 11) is 0. The van der Waals surface area contributed by atoms with Crippen LogP contribution in [0.2, 0.25) is 5.02 Å². The van der Waals surface area contributed by atoms with Gasteiger partial charge in [-0.15, -0.1) is 0 Å². The molecule has 4 nitrogen and oxygen atoms in total. The highest BCUT2D eigenvalue weighted by molar-refractivity contribution is 6.30. The molecule has 0 saturated heterocycles. The highest BCUT2D eigenvalue weighted by Gasteiger charge is 2.53. The van der Waals surface area contributed by atoms with Crippen LogP contribution in [0.5, 0.6) is 0 Å². The lowest BCUT2D eigenvalue weighted by atomic mass is 9.96. The number of hydrazone groups is 1. The number of rotatable bonds is 2. The topological polar surface area (TPSA) is 52.9 Å². The number of aliphatic hydroxyl groups is 1. The van der Waals surface area contributed by atoms with Crippen LogP contribution >= 0.6 is 11.6 Å². The van der Waals surface area contributed by atoms with Crippen LogP contribution in [0.15, 0.2) is 53.6 Å². The largest absolute Gasteiger partial charge is 0.431 e. The van der Waals surface area contributed by atoms with Gasteiger partial charge in [-0.2, -0.15) is 23.3 Å². The molecule has 2 aromatic rings. The van der Waals surface area contributed by atoms with Gasteiger partial charge in [0.25, 0.3) is 5.91 Å². The number of carbonyl (C=O) groups excluding carboxylic acids is 1. The number of alkyl halides is 3. The molecule has 26 heavy (non-hydrogen) atoms. The minimum absolute atomic E-state index is 0.0328. The first-order valence-electron chi connectivity index (χ1n) is 7.35. The SMILES string of the molecule is O=C(c1ccccc1F)N1N=C(C(F)(F)F)CC1(O)c1ccc(Cl)cc1. The van der Waals surface area contributed by atoms with Crippen molar-refractivity contribution >= 4 is 23.2 Å². The van der Waals surface area contributed by atoms with E-state index in [1.165, 1.54) is 36.4 Å². The Labute approximate surface area is 150 Å². The number of hydrogen-bond donors (Lipinski definition) is 1. The average molecular weight is 387 g/mol. The standard InChI is InChI=1S/C17H11ClF4N2O2/c18-11-7-5-10(6-8-11)16(26)9-14(17(20,21)22)23-24(16)15(25)12-3-1-2-4-13(12)19/h1-8,26H,9H2. The van der Waals surface area contributed by atoms with Gasteiger partial charge in [0.2, 0.25) is 0 Å². The van der Waals surface area contributed by atoms with E-state index in [-0.39, 0.29) is 10.6 Å². The number of hydrogen-bond acceptors (Lipinski definition) is 3. The molecule has 0 fully saturated rings. The van der Waals surface area contributed by atoms with Gasteiger partial charge in [0.15, 0.2) is 5.72 Å². The van der Waals surface area contributed by atoms with Crippen LogP contribution < -0.4 is 0 Å². The maximum atomic E-state index is 13.9. The summed E-state index contributed by atoms with van der Waals surface area (Å²) in [4.78, 5) is 12.6. The summed E-state index contributed by atoms with van der Waals surface area (Å²) in [6.07, 6.45) is -5.84. The second-order valence-corrected chi connectivity index (χ2v) is 6.08. The van der Waals surface area contributed by atoms with Crippen LogP contribution in [-0.4, -0.2) is 27.9 Å². The molecule has 1 heterocycles. The summed E-state index contributed by atoms with van der Waals surface area (Å²) in [5.41, 5.74) is -4.31. The van der Waals surface area contributed by atoms with E-state index in [9.17, 15) is 27.5 Å². The molecule has 2 aromatic carbocycles. The Morgan fingerprint density at radius 2 is 1.77 bits per heavy atom. The van der Waals surface area contributed by atoms with E-state index in [1.807, 2.05) is 0 Å². The summed E-state index contributed by atoms with van der Waals surface area (Å²) in [5, 5.41) is 14.7. The molecule has 0 bridgehead atoms. The van der Waals surface area contributed by atoms with E-state index in [0.29, 0.717) is 5.02 Å². The second-order valence-electron chi connectivity index (χ2n) is 5.64. The van der Waals surface area contributed by atoms with Gasteiger partial charge in [-0.1, -0.05) is 35.9 Å². The average Bonchev–Trinajstić information content (AvgIpc) is 2.94. The predicted molar refractivity (Wildman–Crippen MR) is 86.0 cm³/mol. The second kappa shape index (κ2) is 6.37. The maximum Gasteiger partial charge on any atom is 0.431 e. The highest BCUT2D eigenvalue weighted by Crippen LogP contribution is 2.40. The third-order valence-corrected chi connectivity index (χ3v) is 4.17. The van der Waals surface area contributed by atoms with Crippen molar-refractivity contribution in [2.75, 3.05) is 0 Å². The molecule has 9 heteroatoms. The van der Waals surface area contributed by atoms with Gasteiger partial charge >= 0.3 is 6.18 Å².